The third-order valence-corrected chi connectivity index (χ3v) is 3.72. The highest BCUT2D eigenvalue weighted by Crippen LogP contribution is 2.15. The number of hydrogen-bond donors (Lipinski definition) is 2. The average molecular weight is 227 g/mol. The number of thiophene rings is 1. The molecule has 0 fully saturated rings. The number of aryl methyl sites for hydroxylation is 1. The highest BCUT2D eigenvalue weighted by atomic mass is 32.1. The van der Waals surface area contributed by atoms with Gasteiger partial charge in [0.05, 0.1) is 5.92 Å². The fraction of sp³-hybridized carbons (Fsp3) is 0.545. The van der Waals surface area contributed by atoms with Gasteiger partial charge in [-0.15, -0.1) is 11.3 Å². The Morgan fingerprint density at radius 1 is 1.60 bits per heavy atom. The Bertz CT molecular complexity index is 335. The van der Waals surface area contributed by atoms with Crippen LogP contribution in [0.3, 0.4) is 0 Å². The molecule has 1 aromatic rings. The minimum atomic E-state index is -0.752. The van der Waals surface area contributed by atoms with Gasteiger partial charge >= 0.3 is 5.97 Å². The van der Waals surface area contributed by atoms with Crippen LogP contribution in [0.15, 0.2) is 11.4 Å². The molecular weight excluding hydrogens is 210 g/mol. The zero-order chi connectivity index (χ0) is 11.4. The molecule has 15 heavy (non-hydrogen) atoms. The SMILES string of the molecule is Cc1ccsc1CNC(C)C(C)C(=O)O. The minimum Gasteiger partial charge on any atom is -0.481 e. The summed E-state index contributed by atoms with van der Waals surface area (Å²) >= 11 is 1.70. The molecule has 1 rings (SSSR count). The molecule has 84 valence electrons. The predicted molar refractivity (Wildman–Crippen MR) is 62.2 cm³/mol. The van der Waals surface area contributed by atoms with Gasteiger partial charge in [-0.1, -0.05) is 6.92 Å². The summed E-state index contributed by atoms with van der Waals surface area (Å²) in [5.74, 6) is -1.11. The summed E-state index contributed by atoms with van der Waals surface area (Å²) < 4.78 is 0. The van der Waals surface area contributed by atoms with Gasteiger partial charge in [-0.05, 0) is 30.9 Å². The maximum absolute atomic E-state index is 10.7. The normalized spacial score (nSPS) is 14.9. The summed E-state index contributed by atoms with van der Waals surface area (Å²) in [7, 11) is 0. The molecule has 3 nitrogen and oxygen atoms in total. The Morgan fingerprint density at radius 2 is 2.27 bits per heavy atom. The number of aliphatic carboxylic acids is 1. The third-order valence-electron chi connectivity index (χ3n) is 2.69. The quantitative estimate of drug-likeness (QED) is 0.811. The van der Waals surface area contributed by atoms with Crippen LogP contribution in [0.1, 0.15) is 24.3 Å². The molecule has 0 saturated carbocycles. The van der Waals surface area contributed by atoms with Crippen molar-refractivity contribution in [3.63, 3.8) is 0 Å². The van der Waals surface area contributed by atoms with Gasteiger partial charge in [0.25, 0.3) is 0 Å². The highest BCUT2D eigenvalue weighted by molar-refractivity contribution is 7.10. The Morgan fingerprint density at radius 3 is 2.73 bits per heavy atom. The molecule has 4 heteroatoms. The van der Waals surface area contributed by atoms with E-state index in [1.54, 1.807) is 18.3 Å². The fourth-order valence-corrected chi connectivity index (χ4v) is 2.09. The molecular formula is C11H17NO2S. The number of nitrogens with one attached hydrogen (secondary N) is 1. The number of carboxylic acid groups (broad SMARTS) is 1. The van der Waals surface area contributed by atoms with Crippen molar-refractivity contribution in [1.29, 1.82) is 0 Å². The van der Waals surface area contributed by atoms with Crippen LogP contribution in [-0.4, -0.2) is 17.1 Å². The summed E-state index contributed by atoms with van der Waals surface area (Å²) in [5.41, 5.74) is 1.27. The lowest BCUT2D eigenvalue weighted by Gasteiger charge is -2.17. The smallest absolute Gasteiger partial charge is 0.307 e. The van der Waals surface area contributed by atoms with Gasteiger partial charge in [0.2, 0.25) is 0 Å². The second-order valence-electron chi connectivity index (χ2n) is 3.82. The van der Waals surface area contributed by atoms with Gasteiger partial charge < -0.3 is 10.4 Å². The van der Waals surface area contributed by atoms with Crippen molar-refractivity contribution in [3.8, 4) is 0 Å². The van der Waals surface area contributed by atoms with Crippen molar-refractivity contribution in [2.45, 2.75) is 33.4 Å². The molecule has 0 bridgehead atoms. The van der Waals surface area contributed by atoms with Crippen molar-refractivity contribution in [1.82, 2.24) is 5.32 Å². The third kappa shape index (κ3) is 3.32. The lowest BCUT2D eigenvalue weighted by atomic mass is 10.0. The molecule has 0 spiro atoms. The van der Waals surface area contributed by atoms with Crippen molar-refractivity contribution in [3.05, 3.63) is 21.9 Å². The van der Waals surface area contributed by atoms with E-state index in [-0.39, 0.29) is 12.0 Å². The number of rotatable bonds is 5. The van der Waals surface area contributed by atoms with E-state index in [9.17, 15) is 4.79 Å². The number of carbonyl (C=O) groups is 1. The van der Waals surface area contributed by atoms with Crippen LogP contribution in [0, 0.1) is 12.8 Å². The molecule has 1 heterocycles. The molecule has 0 aromatic carbocycles. The summed E-state index contributed by atoms with van der Waals surface area (Å²) in [5, 5.41) is 14.1. The van der Waals surface area contributed by atoms with E-state index in [0.717, 1.165) is 6.54 Å². The Labute approximate surface area is 94.1 Å². The van der Waals surface area contributed by atoms with Crippen LogP contribution in [0.25, 0.3) is 0 Å². The Balaban J connectivity index is 2.44. The van der Waals surface area contributed by atoms with Crippen LogP contribution in [0.5, 0.6) is 0 Å². The zero-order valence-electron chi connectivity index (χ0n) is 9.28. The van der Waals surface area contributed by atoms with Gasteiger partial charge in [0, 0.05) is 17.5 Å². The largest absolute Gasteiger partial charge is 0.481 e. The van der Waals surface area contributed by atoms with Gasteiger partial charge in [0.15, 0.2) is 0 Å². The molecule has 0 aliphatic carbocycles. The fourth-order valence-electron chi connectivity index (χ4n) is 1.23. The lowest BCUT2D eigenvalue weighted by Crippen LogP contribution is -2.35. The zero-order valence-corrected chi connectivity index (χ0v) is 10.1. The molecule has 0 saturated heterocycles. The van der Waals surface area contributed by atoms with Crippen molar-refractivity contribution in [2.75, 3.05) is 0 Å². The monoisotopic (exact) mass is 227 g/mol. The minimum absolute atomic E-state index is 0.0102. The first-order valence-corrected chi connectivity index (χ1v) is 5.89. The van der Waals surface area contributed by atoms with Gasteiger partial charge in [-0.2, -0.15) is 0 Å². The molecule has 2 unspecified atom stereocenters. The van der Waals surface area contributed by atoms with E-state index in [1.165, 1.54) is 10.4 Å². The highest BCUT2D eigenvalue weighted by Gasteiger charge is 2.18. The topological polar surface area (TPSA) is 49.3 Å². The first kappa shape index (κ1) is 12.2. The van der Waals surface area contributed by atoms with E-state index in [4.69, 9.17) is 5.11 Å². The maximum atomic E-state index is 10.7. The number of carboxylic acids is 1. The number of hydrogen-bond acceptors (Lipinski definition) is 3. The second-order valence-corrected chi connectivity index (χ2v) is 4.82. The van der Waals surface area contributed by atoms with Gasteiger partial charge in [-0.3, -0.25) is 4.79 Å². The molecule has 0 aliphatic rings. The molecule has 0 radical (unpaired) electrons. The first-order chi connectivity index (χ1) is 7.02. The van der Waals surface area contributed by atoms with Crippen LogP contribution in [0.4, 0.5) is 0 Å². The van der Waals surface area contributed by atoms with Crippen LogP contribution in [-0.2, 0) is 11.3 Å². The lowest BCUT2D eigenvalue weighted by molar-refractivity contribution is -0.141. The standard InChI is InChI=1S/C11H17NO2S/c1-7-4-5-15-10(7)6-12-9(3)8(2)11(13)14/h4-5,8-9,12H,6H2,1-3H3,(H,13,14). The summed E-state index contributed by atoms with van der Waals surface area (Å²) in [6, 6.07) is 2.07. The Kier molecular flexibility index (Phi) is 4.29. The molecule has 1 aromatic heterocycles. The Hall–Kier alpha value is -0.870. The summed E-state index contributed by atoms with van der Waals surface area (Å²) in [6.45, 7) is 6.45. The summed E-state index contributed by atoms with van der Waals surface area (Å²) in [6.07, 6.45) is 0. The molecule has 0 aliphatic heterocycles. The first-order valence-electron chi connectivity index (χ1n) is 5.01. The van der Waals surface area contributed by atoms with E-state index < -0.39 is 5.97 Å². The average Bonchev–Trinajstić information content (AvgIpc) is 2.59. The predicted octanol–water partition coefficient (Wildman–Crippen LogP) is 2.26. The van der Waals surface area contributed by atoms with Crippen LogP contribution >= 0.6 is 11.3 Å². The van der Waals surface area contributed by atoms with Crippen LogP contribution in [0.2, 0.25) is 0 Å². The van der Waals surface area contributed by atoms with Gasteiger partial charge in [-0.25, -0.2) is 0 Å². The molecule has 2 N–H and O–H groups in total. The van der Waals surface area contributed by atoms with Crippen molar-refractivity contribution < 1.29 is 9.90 Å². The molecule has 0 amide bonds. The van der Waals surface area contributed by atoms with E-state index in [2.05, 4.69) is 23.7 Å². The summed E-state index contributed by atoms with van der Waals surface area (Å²) in [4.78, 5) is 12.0. The maximum Gasteiger partial charge on any atom is 0.307 e. The second kappa shape index (κ2) is 5.28. The van der Waals surface area contributed by atoms with Crippen molar-refractivity contribution in [2.24, 2.45) is 5.92 Å². The van der Waals surface area contributed by atoms with Gasteiger partial charge in [0.1, 0.15) is 0 Å². The van der Waals surface area contributed by atoms with Crippen LogP contribution < -0.4 is 5.32 Å². The van der Waals surface area contributed by atoms with E-state index in [0.29, 0.717) is 0 Å². The van der Waals surface area contributed by atoms with E-state index >= 15 is 0 Å². The molecule has 2 atom stereocenters. The van der Waals surface area contributed by atoms with Crippen molar-refractivity contribution >= 4 is 17.3 Å². The van der Waals surface area contributed by atoms with E-state index in [1.807, 2.05) is 6.92 Å².